The second kappa shape index (κ2) is 6.10. The highest BCUT2D eigenvalue weighted by Gasteiger charge is 2.24. The fourth-order valence-electron chi connectivity index (χ4n) is 2.24. The number of aliphatic hydroxyl groups is 1. The zero-order valence-corrected chi connectivity index (χ0v) is 10.8. The summed E-state index contributed by atoms with van der Waals surface area (Å²) >= 11 is 0. The van der Waals surface area contributed by atoms with Gasteiger partial charge < -0.3 is 14.9 Å². The molecule has 2 unspecified atom stereocenters. The van der Waals surface area contributed by atoms with Gasteiger partial charge >= 0.3 is 5.97 Å². The first kappa shape index (κ1) is 13.9. The maximum absolute atomic E-state index is 10.7. The van der Waals surface area contributed by atoms with E-state index in [2.05, 4.69) is 9.88 Å². The summed E-state index contributed by atoms with van der Waals surface area (Å²) in [6, 6.07) is 3.27. The number of pyridine rings is 1. The van der Waals surface area contributed by atoms with Crippen LogP contribution in [0.2, 0.25) is 0 Å². The van der Waals surface area contributed by atoms with Crippen molar-refractivity contribution in [1.82, 2.24) is 9.88 Å². The predicted molar refractivity (Wildman–Crippen MR) is 67.9 cm³/mol. The van der Waals surface area contributed by atoms with Crippen LogP contribution in [0.4, 0.5) is 0 Å². The molecule has 2 atom stereocenters. The van der Waals surface area contributed by atoms with E-state index in [-0.39, 0.29) is 24.4 Å². The number of carboxylic acids is 1. The summed E-state index contributed by atoms with van der Waals surface area (Å²) in [5.74, 6) is -0.973. The molecule has 1 saturated heterocycles. The zero-order chi connectivity index (χ0) is 13.8. The molecule has 6 nitrogen and oxygen atoms in total. The van der Waals surface area contributed by atoms with Crippen LogP contribution < -0.4 is 0 Å². The molecule has 1 aromatic rings. The first-order chi connectivity index (χ1) is 9.08. The van der Waals surface area contributed by atoms with Crippen molar-refractivity contribution in [2.24, 2.45) is 0 Å². The predicted octanol–water partition coefficient (Wildman–Crippen LogP) is 0.361. The average molecular weight is 266 g/mol. The molecule has 6 heteroatoms. The van der Waals surface area contributed by atoms with E-state index in [1.807, 2.05) is 6.92 Å². The number of aliphatic hydroxyl groups excluding tert-OH is 1. The van der Waals surface area contributed by atoms with Crippen molar-refractivity contribution in [2.45, 2.75) is 25.7 Å². The summed E-state index contributed by atoms with van der Waals surface area (Å²) < 4.78 is 5.56. The van der Waals surface area contributed by atoms with Gasteiger partial charge in [-0.25, -0.2) is 4.79 Å². The lowest BCUT2D eigenvalue weighted by atomic mass is 10.2. The van der Waals surface area contributed by atoms with Crippen molar-refractivity contribution in [3.05, 3.63) is 29.6 Å². The highest BCUT2D eigenvalue weighted by Crippen LogP contribution is 2.13. The molecular formula is C13H18N2O4. The number of carbonyl (C=O) groups is 1. The molecule has 2 rings (SSSR count). The zero-order valence-electron chi connectivity index (χ0n) is 10.8. The number of hydrogen-bond acceptors (Lipinski definition) is 5. The van der Waals surface area contributed by atoms with Gasteiger partial charge in [0.2, 0.25) is 0 Å². The number of nitrogens with zero attached hydrogens (tertiary/aromatic N) is 2. The van der Waals surface area contributed by atoms with Crippen molar-refractivity contribution in [1.29, 1.82) is 0 Å². The van der Waals surface area contributed by atoms with Crippen LogP contribution in [0.3, 0.4) is 0 Å². The molecule has 0 spiro atoms. The van der Waals surface area contributed by atoms with Crippen molar-refractivity contribution >= 4 is 5.97 Å². The lowest BCUT2D eigenvalue weighted by Gasteiger charge is -2.35. The van der Waals surface area contributed by atoms with Gasteiger partial charge in [0.25, 0.3) is 0 Å². The Morgan fingerprint density at radius 2 is 2.32 bits per heavy atom. The van der Waals surface area contributed by atoms with E-state index in [4.69, 9.17) is 14.9 Å². The quantitative estimate of drug-likeness (QED) is 0.819. The minimum atomic E-state index is -0.973. The fraction of sp³-hybridized carbons (Fsp3) is 0.538. The van der Waals surface area contributed by atoms with E-state index in [0.717, 1.165) is 12.2 Å². The molecule has 19 heavy (non-hydrogen) atoms. The molecular weight excluding hydrogens is 248 g/mol. The summed E-state index contributed by atoms with van der Waals surface area (Å²) in [6.45, 7) is 4.04. The van der Waals surface area contributed by atoms with E-state index in [1.54, 1.807) is 12.1 Å². The Bertz CT molecular complexity index is 435. The molecule has 1 aromatic heterocycles. The van der Waals surface area contributed by atoms with E-state index >= 15 is 0 Å². The van der Waals surface area contributed by atoms with Crippen molar-refractivity contribution in [3.8, 4) is 0 Å². The monoisotopic (exact) mass is 266 g/mol. The third-order valence-electron chi connectivity index (χ3n) is 3.06. The lowest BCUT2D eigenvalue weighted by molar-refractivity contribution is -0.0974. The van der Waals surface area contributed by atoms with Crippen LogP contribution >= 0.6 is 0 Å². The Morgan fingerprint density at radius 3 is 2.89 bits per heavy atom. The third kappa shape index (κ3) is 3.73. The summed E-state index contributed by atoms with van der Waals surface area (Å²) in [4.78, 5) is 17.0. The van der Waals surface area contributed by atoms with Gasteiger partial charge in [0.05, 0.1) is 30.1 Å². The largest absolute Gasteiger partial charge is 0.478 e. The molecule has 2 N–H and O–H groups in total. The van der Waals surface area contributed by atoms with Crippen LogP contribution in [0.15, 0.2) is 18.3 Å². The Labute approximate surface area is 111 Å². The highest BCUT2D eigenvalue weighted by molar-refractivity contribution is 5.87. The second-order valence-electron chi connectivity index (χ2n) is 4.79. The molecule has 0 amide bonds. The molecule has 1 aliphatic heterocycles. The number of hydrogen-bond donors (Lipinski definition) is 2. The van der Waals surface area contributed by atoms with Crippen LogP contribution in [0, 0.1) is 0 Å². The number of carboxylic acid groups (broad SMARTS) is 1. The number of rotatable bonds is 4. The summed E-state index contributed by atoms with van der Waals surface area (Å²) in [7, 11) is 0. The maximum Gasteiger partial charge on any atom is 0.337 e. The van der Waals surface area contributed by atoms with Crippen molar-refractivity contribution < 1.29 is 19.7 Å². The summed E-state index contributed by atoms with van der Waals surface area (Å²) in [5, 5.41) is 18.0. The van der Waals surface area contributed by atoms with Gasteiger partial charge in [0.1, 0.15) is 0 Å². The number of aromatic nitrogens is 1. The molecule has 1 fully saturated rings. The number of morpholine rings is 1. The smallest absolute Gasteiger partial charge is 0.337 e. The third-order valence-corrected chi connectivity index (χ3v) is 3.06. The first-order valence-corrected chi connectivity index (χ1v) is 6.25. The van der Waals surface area contributed by atoms with Gasteiger partial charge in [-0.2, -0.15) is 0 Å². The standard InChI is InChI=1S/C13H18N2O4/c1-9-5-15(7-12(8-16)19-9)6-11-3-2-10(4-14-11)13(17)18/h2-4,9,12,16H,5-8H2,1H3,(H,17,18). The van der Waals surface area contributed by atoms with Gasteiger partial charge in [-0.1, -0.05) is 0 Å². The lowest BCUT2D eigenvalue weighted by Crippen LogP contribution is -2.47. The Morgan fingerprint density at radius 1 is 1.53 bits per heavy atom. The fourth-order valence-corrected chi connectivity index (χ4v) is 2.24. The molecule has 1 aliphatic rings. The van der Waals surface area contributed by atoms with Crippen LogP contribution in [0.1, 0.15) is 23.0 Å². The molecule has 0 bridgehead atoms. The second-order valence-corrected chi connectivity index (χ2v) is 4.79. The van der Waals surface area contributed by atoms with Gasteiger partial charge in [0.15, 0.2) is 0 Å². The van der Waals surface area contributed by atoms with Crippen LogP contribution in [-0.2, 0) is 11.3 Å². The van der Waals surface area contributed by atoms with Crippen LogP contribution in [-0.4, -0.2) is 58.0 Å². The SMILES string of the molecule is CC1CN(Cc2ccc(C(=O)O)cn2)CC(CO)O1. The number of ether oxygens (including phenoxy) is 1. The van der Waals surface area contributed by atoms with E-state index < -0.39 is 5.97 Å². The number of aromatic carboxylic acids is 1. The Hall–Kier alpha value is -1.50. The minimum Gasteiger partial charge on any atom is -0.478 e. The first-order valence-electron chi connectivity index (χ1n) is 6.25. The maximum atomic E-state index is 10.7. The molecule has 0 aliphatic carbocycles. The van der Waals surface area contributed by atoms with Gasteiger partial charge in [-0.05, 0) is 19.1 Å². The highest BCUT2D eigenvalue weighted by atomic mass is 16.5. The minimum absolute atomic E-state index is 0.00617. The molecule has 0 aromatic carbocycles. The van der Waals surface area contributed by atoms with Crippen molar-refractivity contribution in [2.75, 3.05) is 19.7 Å². The Kier molecular flexibility index (Phi) is 4.47. The average Bonchev–Trinajstić information content (AvgIpc) is 2.38. The van der Waals surface area contributed by atoms with E-state index in [0.29, 0.717) is 13.1 Å². The molecule has 104 valence electrons. The Balaban J connectivity index is 1.98. The molecule has 0 radical (unpaired) electrons. The van der Waals surface area contributed by atoms with Crippen molar-refractivity contribution in [3.63, 3.8) is 0 Å². The van der Waals surface area contributed by atoms with E-state index in [9.17, 15) is 4.79 Å². The topological polar surface area (TPSA) is 82.9 Å². The molecule has 2 heterocycles. The van der Waals surface area contributed by atoms with Crippen LogP contribution in [0.5, 0.6) is 0 Å². The van der Waals surface area contributed by atoms with Crippen LogP contribution in [0.25, 0.3) is 0 Å². The molecule has 0 saturated carbocycles. The normalized spacial score (nSPS) is 24.3. The summed E-state index contributed by atoms with van der Waals surface area (Å²) in [6.07, 6.45) is 1.27. The van der Waals surface area contributed by atoms with Gasteiger partial charge in [-0.3, -0.25) is 9.88 Å². The van der Waals surface area contributed by atoms with Gasteiger partial charge in [-0.15, -0.1) is 0 Å². The van der Waals surface area contributed by atoms with E-state index in [1.165, 1.54) is 6.20 Å². The summed E-state index contributed by atoms with van der Waals surface area (Å²) in [5.41, 5.74) is 1.00. The van der Waals surface area contributed by atoms with Gasteiger partial charge in [0, 0.05) is 25.8 Å².